The van der Waals surface area contributed by atoms with Crippen molar-refractivity contribution in [2.24, 2.45) is 0 Å². The van der Waals surface area contributed by atoms with Crippen LogP contribution in [0.1, 0.15) is 24.3 Å². The molecule has 0 aromatic carbocycles. The Hall–Kier alpha value is -1.37. The molecule has 1 unspecified atom stereocenters. The zero-order chi connectivity index (χ0) is 14.7. The molecule has 110 valence electrons. The highest BCUT2D eigenvalue weighted by Crippen LogP contribution is 2.27. The second-order valence-corrected chi connectivity index (χ2v) is 5.34. The van der Waals surface area contributed by atoms with Crippen LogP contribution in [0.25, 0.3) is 0 Å². The molecule has 1 N–H and O–H groups in total. The highest BCUT2D eigenvalue weighted by Gasteiger charge is 2.21. The van der Waals surface area contributed by atoms with Gasteiger partial charge < -0.3 is 10.0 Å². The Balaban J connectivity index is 2.24. The van der Waals surface area contributed by atoms with Crippen molar-refractivity contribution in [2.45, 2.75) is 26.1 Å². The van der Waals surface area contributed by atoms with Gasteiger partial charge in [0.2, 0.25) is 0 Å². The first-order chi connectivity index (χ1) is 9.52. The van der Waals surface area contributed by atoms with Gasteiger partial charge in [-0.1, -0.05) is 11.6 Å². The van der Waals surface area contributed by atoms with Crippen LogP contribution in [0.15, 0.2) is 18.6 Å². The van der Waals surface area contributed by atoms with Gasteiger partial charge >= 0.3 is 0 Å². The molecule has 7 heteroatoms. The highest BCUT2D eigenvalue weighted by molar-refractivity contribution is 6.31. The fraction of sp³-hybridized carbons (Fsp3) is 0.538. The summed E-state index contributed by atoms with van der Waals surface area (Å²) in [5, 5.41) is 19.4. The monoisotopic (exact) mass is 297 g/mol. The van der Waals surface area contributed by atoms with E-state index in [1.165, 1.54) is 0 Å². The van der Waals surface area contributed by atoms with Crippen molar-refractivity contribution >= 4 is 11.6 Å². The van der Waals surface area contributed by atoms with Gasteiger partial charge in [0, 0.05) is 24.8 Å². The predicted molar refractivity (Wildman–Crippen MR) is 77.8 cm³/mol. The predicted octanol–water partition coefficient (Wildman–Crippen LogP) is 1.40. The van der Waals surface area contributed by atoms with Crippen LogP contribution in [0.2, 0.25) is 5.02 Å². The van der Waals surface area contributed by atoms with E-state index in [-0.39, 0.29) is 0 Å². The average molecular weight is 298 g/mol. The maximum Gasteiger partial charge on any atom is 0.125 e. The van der Waals surface area contributed by atoms with Crippen LogP contribution in [0, 0.1) is 0 Å². The average Bonchev–Trinajstić information content (AvgIpc) is 3.02. The summed E-state index contributed by atoms with van der Waals surface area (Å²) in [6, 6.07) is 0. The molecule has 1 atom stereocenters. The van der Waals surface area contributed by atoms with Crippen LogP contribution in [-0.4, -0.2) is 50.2 Å². The van der Waals surface area contributed by atoms with Crippen LogP contribution < -0.4 is 0 Å². The second kappa shape index (κ2) is 6.39. The number of hydrogen-bond donors (Lipinski definition) is 1. The summed E-state index contributed by atoms with van der Waals surface area (Å²) in [6.07, 6.45) is 4.24. The number of aryl methyl sites for hydroxylation is 1. The van der Waals surface area contributed by atoms with Crippen LogP contribution in [0.5, 0.6) is 0 Å². The lowest BCUT2D eigenvalue weighted by molar-refractivity contribution is 0.205. The molecular weight excluding hydrogens is 278 g/mol. The minimum absolute atomic E-state index is 0.473. The minimum atomic E-state index is -0.813. The molecule has 2 aromatic rings. The molecule has 2 rings (SSSR count). The summed E-state index contributed by atoms with van der Waals surface area (Å²) in [6.45, 7) is 4.26. The van der Waals surface area contributed by atoms with Gasteiger partial charge in [0.25, 0.3) is 0 Å². The molecule has 6 nitrogen and oxygen atoms in total. The number of aromatic nitrogens is 4. The van der Waals surface area contributed by atoms with Crippen molar-refractivity contribution in [3.8, 4) is 0 Å². The van der Waals surface area contributed by atoms with E-state index in [2.05, 4.69) is 15.1 Å². The summed E-state index contributed by atoms with van der Waals surface area (Å²) in [5.74, 6) is 0. The van der Waals surface area contributed by atoms with Gasteiger partial charge in [0.05, 0.1) is 29.7 Å². The number of nitrogens with zero attached hydrogens (tertiary/aromatic N) is 5. The summed E-state index contributed by atoms with van der Waals surface area (Å²) in [7, 11) is 3.99. The smallest absolute Gasteiger partial charge is 0.125 e. The largest absolute Gasteiger partial charge is 0.382 e. The molecule has 0 bridgehead atoms. The van der Waals surface area contributed by atoms with E-state index in [0.29, 0.717) is 17.3 Å². The van der Waals surface area contributed by atoms with Gasteiger partial charge in [0.15, 0.2) is 0 Å². The Labute approximate surface area is 123 Å². The van der Waals surface area contributed by atoms with Crippen molar-refractivity contribution in [3.63, 3.8) is 0 Å². The Kier molecular flexibility index (Phi) is 4.80. The number of aliphatic hydroxyl groups excluding tert-OH is 1. The fourth-order valence-electron chi connectivity index (χ4n) is 1.97. The maximum absolute atomic E-state index is 10.5. The van der Waals surface area contributed by atoms with E-state index in [1.54, 1.807) is 21.8 Å². The third-order valence-electron chi connectivity index (χ3n) is 3.14. The first kappa shape index (κ1) is 15.0. The van der Waals surface area contributed by atoms with Crippen LogP contribution in [-0.2, 0) is 13.1 Å². The van der Waals surface area contributed by atoms with Gasteiger partial charge in [0.1, 0.15) is 6.10 Å². The Morgan fingerprint density at radius 3 is 2.70 bits per heavy atom. The SMILES string of the molecule is CCn1cc(C(O)c2c(Cl)cnn2CCN(C)C)cn1. The molecule has 20 heavy (non-hydrogen) atoms. The molecule has 0 radical (unpaired) electrons. The zero-order valence-electron chi connectivity index (χ0n) is 12.0. The van der Waals surface area contributed by atoms with Crippen molar-refractivity contribution in [1.82, 2.24) is 24.5 Å². The van der Waals surface area contributed by atoms with E-state index in [0.717, 1.165) is 18.7 Å². The highest BCUT2D eigenvalue weighted by atomic mass is 35.5. The van der Waals surface area contributed by atoms with E-state index in [9.17, 15) is 5.11 Å². The summed E-state index contributed by atoms with van der Waals surface area (Å²) in [5.41, 5.74) is 1.34. The lowest BCUT2D eigenvalue weighted by Gasteiger charge is -2.15. The molecule has 0 saturated carbocycles. The summed E-state index contributed by atoms with van der Waals surface area (Å²) >= 11 is 6.16. The van der Waals surface area contributed by atoms with E-state index in [1.807, 2.05) is 27.2 Å². The quantitative estimate of drug-likeness (QED) is 0.875. The number of hydrogen-bond acceptors (Lipinski definition) is 4. The van der Waals surface area contributed by atoms with Crippen LogP contribution in [0.4, 0.5) is 0 Å². The Morgan fingerprint density at radius 2 is 2.10 bits per heavy atom. The molecule has 0 fully saturated rings. The third kappa shape index (κ3) is 3.20. The summed E-state index contributed by atoms with van der Waals surface area (Å²) < 4.78 is 3.52. The molecule has 0 saturated heterocycles. The first-order valence-corrected chi connectivity index (χ1v) is 6.97. The van der Waals surface area contributed by atoms with Crippen molar-refractivity contribution in [3.05, 3.63) is 34.9 Å². The molecule has 2 heterocycles. The number of aliphatic hydroxyl groups is 1. The topological polar surface area (TPSA) is 59.1 Å². The van der Waals surface area contributed by atoms with Gasteiger partial charge in [-0.15, -0.1) is 0 Å². The molecule has 2 aromatic heterocycles. The molecular formula is C13H20ClN5O. The molecule has 0 spiro atoms. The van der Waals surface area contributed by atoms with E-state index in [4.69, 9.17) is 11.6 Å². The van der Waals surface area contributed by atoms with Gasteiger partial charge in [-0.05, 0) is 21.0 Å². The van der Waals surface area contributed by atoms with E-state index >= 15 is 0 Å². The van der Waals surface area contributed by atoms with Crippen LogP contribution >= 0.6 is 11.6 Å². The van der Waals surface area contributed by atoms with Crippen molar-refractivity contribution in [2.75, 3.05) is 20.6 Å². The van der Waals surface area contributed by atoms with Gasteiger partial charge in [-0.2, -0.15) is 10.2 Å². The maximum atomic E-state index is 10.5. The van der Waals surface area contributed by atoms with Crippen molar-refractivity contribution in [1.29, 1.82) is 0 Å². The lowest BCUT2D eigenvalue weighted by atomic mass is 10.1. The third-order valence-corrected chi connectivity index (χ3v) is 3.44. The summed E-state index contributed by atoms with van der Waals surface area (Å²) in [4.78, 5) is 2.06. The number of halogens is 1. The first-order valence-electron chi connectivity index (χ1n) is 6.59. The standard InChI is InChI=1S/C13H20ClN5O/c1-4-18-9-10(7-15-18)13(20)12-11(14)8-16-19(12)6-5-17(2)3/h7-9,13,20H,4-6H2,1-3H3. The normalized spacial score (nSPS) is 13.1. The molecule has 0 aliphatic rings. The molecule has 0 aliphatic carbocycles. The number of likely N-dealkylation sites (N-methyl/N-ethyl adjacent to an activating group) is 1. The minimum Gasteiger partial charge on any atom is -0.382 e. The Morgan fingerprint density at radius 1 is 1.35 bits per heavy atom. The van der Waals surface area contributed by atoms with Gasteiger partial charge in [-0.3, -0.25) is 9.36 Å². The van der Waals surface area contributed by atoms with Crippen molar-refractivity contribution < 1.29 is 5.11 Å². The zero-order valence-corrected chi connectivity index (χ0v) is 12.7. The molecule has 0 aliphatic heterocycles. The van der Waals surface area contributed by atoms with Gasteiger partial charge in [-0.25, -0.2) is 0 Å². The Bertz CT molecular complexity index is 563. The molecule has 0 amide bonds. The van der Waals surface area contributed by atoms with E-state index < -0.39 is 6.10 Å². The van der Waals surface area contributed by atoms with Crippen LogP contribution in [0.3, 0.4) is 0 Å². The lowest BCUT2D eigenvalue weighted by Crippen LogP contribution is -2.21. The fourth-order valence-corrected chi connectivity index (χ4v) is 2.21. The number of rotatable bonds is 6. The second-order valence-electron chi connectivity index (χ2n) is 4.94.